The van der Waals surface area contributed by atoms with E-state index >= 15 is 0 Å². The molecule has 0 spiro atoms. The maximum Gasteiger partial charge on any atom is 0.352 e. The monoisotopic (exact) mass is 233 g/mol. The van der Waals surface area contributed by atoms with Gasteiger partial charge in [0.1, 0.15) is 5.69 Å². The van der Waals surface area contributed by atoms with Gasteiger partial charge in [0.25, 0.3) is 0 Å². The summed E-state index contributed by atoms with van der Waals surface area (Å²) in [6.45, 7) is 0. The molecule has 0 aliphatic heterocycles. The lowest BCUT2D eigenvalue weighted by molar-refractivity contribution is 0.0691. The highest BCUT2D eigenvalue weighted by Gasteiger charge is 2.05. The number of hydrogen-bond donors (Lipinski definition) is 2. The second-order valence-corrected chi connectivity index (χ2v) is 4.38. The van der Waals surface area contributed by atoms with Gasteiger partial charge in [-0.25, -0.2) is 4.79 Å². The summed E-state index contributed by atoms with van der Waals surface area (Å²) in [6.07, 6.45) is 1.74. The number of carboxylic acids is 1. The van der Waals surface area contributed by atoms with Crippen molar-refractivity contribution in [2.45, 2.75) is 10.6 Å². The Labute approximate surface area is 97.5 Å². The first kappa shape index (κ1) is 10.8. The van der Waals surface area contributed by atoms with Crippen LogP contribution in [-0.2, 0) is 5.75 Å². The van der Waals surface area contributed by atoms with Crippen molar-refractivity contribution in [1.82, 2.24) is 4.98 Å². The fourth-order valence-electron chi connectivity index (χ4n) is 1.33. The van der Waals surface area contributed by atoms with E-state index in [0.717, 1.165) is 11.3 Å². The third-order valence-corrected chi connectivity index (χ3v) is 3.21. The third-order valence-electron chi connectivity index (χ3n) is 2.12. The van der Waals surface area contributed by atoms with E-state index in [1.807, 2.05) is 30.3 Å². The van der Waals surface area contributed by atoms with Crippen molar-refractivity contribution < 1.29 is 9.90 Å². The molecule has 2 aromatic rings. The van der Waals surface area contributed by atoms with Crippen LogP contribution < -0.4 is 0 Å². The van der Waals surface area contributed by atoms with Crippen LogP contribution in [0.1, 0.15) is 16.1 Å². The normalized spacial score (nSPS) is 10.2. The fourth-order valence-corrected chi connectivity index (χ4v) is 2.18. The van der Waals surface area contributed by atoms with E-state index in [2.05, 4.69) is 4.98 Å². The predicted octanol–water partition coefficient (Wildman–Crippen LogP) is 3.01. The van der Waals surface area contributed by atoms with Crippen molar-refractivity contribution in [3.8, 4) is 0 Å². The molecule has 0 radical (unpaired) electrons. The lowest BCUT2D eigenvalue weighted by Crippen LogP contribution is -1.94. The molecule has 0 saturated carbocycles. The molecule has 3 nitrogen and oxygen atoms in total. The maximum atomic E-state index is 10.7. The molecule has 1 aromatic carbocycles. The van der Waals surface area contributed by atoms with Gasteiger partial charge in [0.15, 0.2) is 0 Å². The Morgan fingerprint density at radius 2 is 2.06 bits per heavy atom. The van der Waals surface area contributed by atoms with Gasteiger partial charge in [-0.15, -0.1) is 11.8 Å². The molecule has 4 heteroatoms. The predicted molar refractivity (Wildman–Crippen MR) is 63.8 cm³/mol. The number of nitrogens with one attached hydrogen (secondary N) is 1. The number of thioether (sulfide) groups is 1. The molecule has 82 valence electrons. The first-order valence-corrected chi connectivity index (χ1v) is 5.83. The molecule has 0 unspecified atom stereocenters. The van der Waals surface area contributed by atoms with Crippen molar-refractivity contribution in [1.29, 1.82) is 0 Å². The van der Waals surface area contributed by atoms with E-state index in [1.54, 1.807) is 24.0 Å². The molecule has 0 saturated heterocycles. The highest BCUT2D eigenvalue weighted by Crippen LogP contribution is 2.22. The summed E-state index contributed by atoms with van der Waals surface area (Å²) in [5, 5.41) is 8.75. The van der Waals surface area contributed by atoms with Gasteiger partial charge in [-0.3, -0.25) is 0 Å². The fraction of sp³-hybridized carbons (Fsp3) is 0.0833. The van der Waals surface area contributed by atoms with Crippen LogP contribution in [0.25, 0.3) is 0 Å². The number of aromatic nitrogens is 1. The molecule has 1 aromatic heterocycles. The van der Waals surface area contributed by atoms with Gasteiger partial charge in [0.2, 0.25) is 0 Å². The zero-order valence-corrected chi connectivity index (χ0v) is 9.33. The highest BCUT2D eigenvalue weighted by molar-refractivity contribution is 7.98. The van der Waals surface area contributed by atoms with Crippen molar-refractivity contribution >= 4 is 17.7 Å². The molecule has 0 aliphatic rings. The standard InChI is InChI=1S/C12H11NO2S/c14-12(15)11-6-9(7-13-11)8-16-10-4-2-1-3-5-10/h1-7,13H,8H2,(H,14,15). The van der Waals surface area contributed by atoms with Gasteiger partial charge in [0, 0.05) is 16.8 Å². The van der Waals surface area contributed by atoms with E-state index in [1.165, 1.54) is 4.90 Å². The number of aromatic amines is 1. The molecule has 0 amide bonds. The van der Waals surface area contributed by atoms with E-state index < -0.39 is 5.97 Å². The van der Waals surface area contributed by atoms with Crippen LogP contribution in [-0.4, -0.2) is 16.1 Å². The van der Waals surface area contributed by atoms with Crippen LogP contribution in [0.15, 0.2) is 47.5 Å². The van der Waals surface area contributed by atoms with Crippen LogP contribution in [0.4, 0.5) is 0 Å². The van der Waals surface area contributed by atoms with Crippen molar-refractivity contribution in [3.05, 3.63) is 53.9 Å². The molecule has 0 bridgehead atoms. The Morgan fingerprint density at radius 1 is 1.31 bits per heavy atom. The van der Waals surface area contributed by atoms with Crippen LogP contribution >= 0.6 is 11.8 Å². The van der Waals surface area contributed by atoms with Gasteiger partial charge >= 0.3 is 5.97 Å². The first-order valence-electron chi connectivity index (χ1n) is 4.84. The lowest BCUT2D eigenvalue weighted by Gasteiger charge is -1.98. The molecule has 0 atom stereocenters. The smallest absolute Gasteiger partial charge is 0.352 e. The second-order valence-electron chi connectivity index (χ2n) is 3.33. The quantitative estimate of drug-likeness (QED) is 0.798. The van der Waals surface area contributed by atoms with Gasteiger partial charge in [0.05, 0.1) is 0 Å². The maximum absolute atomic E-state index is 10.7. The number of benzene rings is 1. The first-order chi connectivity index (χ1) is 7.75. The summed E-state index contributed by atoms with van der Waals surface area (Å²) >= 11 is 1.69. The van der Waals surface area contributed by atoms with Crippen LogP contribution in [0, 0.1) is 0 Å². The Kier molecular flexibility index (Phi) is 3.31. The summed E-state index contributed by atoms with van der Waals surface area (Å²) in [5.74, 6) is -0.149. The minimum Gasteiger partial charge on any atom is -0.477 e. The van der Waals surface area contributed by atoms with Crippen LogP contribution in [0.5, 0.6) is 0 Å². The Balaban J connectivity index is 1.97. The minimum absolute atomic E-state index is 0.240. The summed E-state index contributed by atoms with van der Waals surface area (Å²) < 4.78 is 0. The molecule has 2 N–H and O–H groups in total. The number of aromatic carboxylic acids is 1. The largest absolute Gasteiger partial charge is 0.477 e. The van der Waals surface area contributed by atoms with Gasteiger partial charge in [-0.05, 0) is 23.8 Å². The van der Waals surface area contributed by atoms with Gasteiger partial charge in [-0.1, -0.05) is 18.2 Å². The third kappa shape index (κ3) is 2.67. The van der Waals surface area contributed by atoms with Crippen LogP contribution in [0.2, 0.25) is 0 Å². The molecule has 0 fully saturated rings. The minimum atomic E-state index is -0.920. The van der Waals surface area contributed by atoms with E-state index in [0.29, 0.717) is 0 Å². The molecular weight excluding hydrogens is 222 g/mol. The average Bonchev–Trinajstić information content (AvgIpc) is 2.76. The van der Waals surface area contributed by atoms with E-state index in [-0.39, 0.29) is 5.69 Å². The Bertz CT molecular complexity index is 479. The molecule has 0 aliphatic carbocycles. The summed E-state index contributed by atoms with van der Waals surface area (Å²) in [6, 6.07) is 11.7. The van der Waals surface area contributed by atoms with Crippen molar-refractivity contribution in [2.24, 2.45) is 0 Å². The van der Waals surface area contributed by atoms with E-state index in [9.17, 15) is 4.79 Å². The zero-order valence-electron chi connectivity index (χ0n) is 8.51. The zero-order chi connectivity index (χ0) is 11.4. The van der Waals surface area contributed by atoms with Crippen molar-refractivity contribution in [3.63, 3.8) is 0 Å². The second kappa shape index (κ2) is 4.90. The molecule has 2 rings (SSSR count). The number of hydrogen-bond acceptors (Lipinski definition) is 2. The van der Waals surface area contributed by atoms with Crippen molar-refractivity contribution in [2.75, 3.05) is 0 Å². The number of rotatable bonds is 4. The number of H-pyrrole nitrogens is 1. The number of carbonyl (C=O) groups is 1. The van der Waals surface area contributed by atoms with Gasteiger partial charge < -0.3 is 10.1 Å². The van der Waals surface area contributed by atoms with E-state index in [4.69, 9.17) is 5.11 Å². The molecular formula is C12H11NO2S. The SMILES string of the molecule is O=C(O)c1cc(CSc2ccccc2)c[nH]1. The molecule has 1 heterocycles. The topological polar surface area (TPSA) is 53.1 Å². The highest BCUT2D eigenvalue weighted by atomic mass is 32.2. The van der Waals surface area contributed by atoms with Gasteiger partial charge in [-0.2, -0.15) is 0 Å². The number of carboxylic acid groups (broad SMARTS) is 1. The van der Waals surface area contributed by atoms with Crippen LogP contribution in [0.3, 0.4) is 0 Å². The molecule has 16 heavy (non-hydrogen) atoms. The lowest BCUT2D eigenvalue weighted by atomic mass is 10.3. The summed E-state index contributed by atoms with van der Waals surface area (Å²) in [7, 11) is 0. The Morgan fingerprint density at radius 3 is 2.69 bits per heavy atom. The summed E-state index contributed by atoms with van der Waals surface area (Å²) in [4.78, 5) is 14.6. The average molecular weight is 233 g/mol. The summed E-state index contributed by atoms with van der Waals surface area (Å²) in [5.41, 5.74) is 1.23. The Hall–Kier alpha value is -1.68.